The number of hydrogen-bond acceptors (Lipinski definition) is 1. The third kappa shape index (κ3) is 2.42. The fourth-order valence-electron chi connectivity index (χ4n) is 1.67. The minimum atomic E-state index is -0.146. The number of rotatable bonds is 3. The zero-order valence-electron chi connectivity index (χ0n) is 8.91. The molecule has 2 rings (SSSR count). The standard InChI is InChI=1S/C13H12Cl2O/c1-9-4-2-3-5-10(9)8-12(14)11-6-7-16-13(11)15/h2-7,12H,8H2,1H3. The van der Waals surface area contributed by atoms with Gasteiger partial charge in [-0.15, -0.1) is 11.6 Å². The van der Waals surface area contributed by atoms with Crippen LogP contribution < -0.4 is 0 Å². The number of furan rings is 1. The molecule has 1 heterocycles. The van der Waals surface area contributed by atoms with Crippen LogP contribution in [0.4, 0.5) is 0 Å². The quantitative estimate of drug-likeness (QED) is 0.720. The predicted octanol–water partition coefficient (Wildman–Crippen LogP) is 4.76. The summed E-state index contributed by atoms with van der Waals surface area (Å²) in [7, 11) is 0. The topological polar surface area (TPSA) is 13.1 Å². The van der Waals surface area contributed by atoms with E-state index in [0.29, 0.717) is 5.22 Å². The molecule has 84 valence electrons. The third-order valence-electron chi connectivity index (χ3n) is 2.64. The summed E-state index contributed by atoms with van der Waals surface area (Å²) in [5, 5.41) is 0.237. The van der Waals surface area contributed by atoms with Gasteiger partial charge in [0.1, 0.15) is 0 Å². The summed E-state index contributed by atoms with van der Waals surface area (Å²) >= 11 is 12.2. The molecule has 0 aliphatic heterocycles. The van der Waals surface area contributed by atoms with E-state index in [2.05, 4.69) is 19.1 Å². The summed E-state index contributed by atoms with van der Waals surface area (Å²) in [5.41, 5.74) is 3.33. The van der Waals surface area contributed by atoms with Crippen LogP contribution in [0.1, 0.15) is 22.1 Å². The molecular weight excluding hydrogens is 243 g/mol. The van der Waals surface area contributed by atoms with Crippen molar-refractivity contribution in [2.45, 2.75) is 18.7 Å². The van der Waals surface area contributed by atoms with Crippen molar-refractivity contribution in [2.24, 2.45) is 0 Å². The van der Waals surface area contributed by atoms with Gasteiger partial charge < -0.3 is 4.42 Å². The first kappa shape index (κ1) is 11.6. The SMILES string of the molecule is Cc1ccccc1CC(Cl)c1ccoc1Cl. The molecule has 0 fully saturated rings. The van der Waals surface area contributed by atoms with Crippen LogP contribution in [-0.2, 0) is 6.42 Å². The van der Waals surface area contributed by atoms with E-state index in [9.17, 15) is 0 Å². The lowest BCUT2D eigenvalue weighted by atomic mass is 10.0. The van der Waals surface area contributed by atoms with E-state index in [-0.39, 0.29) is 5.38 Å². The molecular formula is C13H12Cl2O. The Morgan fingerprint density at radius 2 is 2.00 bits per heavy atom. The molecule has 0 aliphatic rings. The lowest BCUT2D eigenvalue weighted by Gasteiger charge is -2.10. The van der Waals surface area contributed by atoms with Gasteiger partial charge in [0.2, 0.25) is 0 Å². The largest absolute Gasteiger partial charge is 0.453 e. The average Bonchev–Trinajstić information content (AvgIpc) is 2.68. The molecule has 3 heteroatoms. The molecule has 1 atom stereocenters. The Kier molecular flexibility index (Phi) is 3.57. The van der Waals surface area contributed by atoms with Crippen LogP contribution in [0.2, 0.25) is 5.22 Å². The molecule has 0 bridgehead atoms. The highest BCUT2D eigenvalue weighted by Crippen LogP contribution is 2.32. The zero-order chi connectivity index (χ0) is 11.5. The number of alkyl halides is 1. The maximum absolute atomic E-state index is 6.31. The van der Waals surface area contributed by atoms with Crippen molar-refractivity contribution in [2.75, 3.05) is 0 Å². The molecule has 1 nitrogen and oxygen atoms in total. The molecule has 0 aliphatic carbocycles. The fourth-order valence-corrected chi connectivity index (χ4v) is 2.31. The van der Waals surface area contributed by atoms with Gasteiger partial charge in [0, 0.05) is 5.56 Å². The van der Waals surface area contributed by atoms with Crippen LogP contribution in [0.3, 0.4) is 0 Å². The Hall–Kier alpha value is -0.920. The van der Waals surface area contributed by atoms with E-state index in [1.165, 1.54) is 11.1 Å². The molecule has 1 aromatic carbocycles. The summed E-state index contributed by atoms with van der Waals surface area (Å²) in [6.07, 6.45) is 2.32. The fraction of sp³-hybridized carbons (Fsp3) is 0.231. The molecule has 1 aromatic heterocycles. The second-order valence-electron chi connectivity index (χ2n) is 3.75. The van der Waals surface area contributed by atoms with E-state index in [0.717, 1.165) is 12.0 Å². The molecule has 0 spiro atoms. The van der Waals surface area contributed by atoms with E-state index in [4.69, 9.17) is 27.6 Å². The predicted molar refractivity (Wildman–Crippen MR) is 67.2 cm³/mol. The van der Waals surface area contributed by atoms with Crippen LogP contribution in [0.15, 0.2) is 41.0 Å². The van der Waals surface area contributed by atoms with Crippen LogP contribution in [0, 0.1) is 6.92 Å². The van der Waals surface area contributed by atoms with Crippen molar-refractivity contribution in [3.8, 4) is 0 Å². The highest BCUT2D eigenvalue weighted by atomic mass is 35.5. The van der Waals surface area contributed by atoms with Crippen molar-refractivity contribution in [3.05, 3.63) is 58.5 Å². The van der Waals surface area contributed by atoms with Crippen molar-refractivity contribution < 1.29 is 4.42 Å². The van der Waals surface area contributed by atoms with Gasteiger partial charge in [0.15, 0.2) is 5.22 Å². The van der Waals surface area contributed by atoms with Crippen molar-refractivity contribution in [3.63, 3.8) is 0 Å². The molecule has 1 unspecified atom stereocenters. The Morgan fingerprint density at radius 3 is 2.62 bits per heavy atom. The first-order valence-corrected chi connectivity index (χ1v) is 5.91. The normalized spacial score (nSPS) is 12.7. The minimum absolute atomic E-state index is 0.146. The summed E-state index contributed by atoms with van der Waals surface area (Å²) in [5.74, 6) is 0. The van der Waals surface area contributed by atoms with E-state index in [1.807, 2.05) is 18.2 Å². The highest BCUT2D eigenvalue weighted by molar-refractivity contribution is 6.31. The number of halogens is 2. The maximum atomic E-state index is 6.31. The smallest absolute Gasteiger partial charge is 0.197 e. The van der Waals surface area contributed by atoms with Gasteiger partial charge >= 0.3 is 0 Å². The van der Waals surface area contributed by atoms with Crippen LogP contribution in [-0.4, -0.2) is 0 Å². The van der Waals surface area contributed by atoms with Gasteiger partial charge in [-0.25, -0.2) is 0 Å². The summed E-state index contributed by atoms with van der Waals surface area (Å²) in [4.78, 5) is 0. The molecule has 16 heavy (non-hydrogen) atoms. The lowest BCUT2D eigenvalue weighted by molar-refractivity contribution is 0.565. The Morgan fingerprint density at radius 1 is 1.25 bits per heavy atom. The first-order valence-electron chi connectivity index (χ1n) is 5.10. The zero-order valence-corrected chi connectivity index (χ0v) is 10.4. The monoisotopic (exact) mass is 254 g/mol. The van der Waals surface area contributed by atoms with Gasteiger partial charge in [-0.05, 0) is 42.1 Å². The second-order valence-corrected chi connectivity index (χ2v) is 4.62. The van der Waals surface area contributed by atoms with Crippen LogP contribution in [0.5, 0.6) is 0 Å². The summed E-state index contributed by atoms with van der Waals surface area (Å²) in [6, 6.07) is 10.0. The van der Waals surface area contributed by atoms with Crippen LogP contribution in [0.25, 0.3) is 0 Å². The van der Waals surface area contributed by atoms with Gasteiger partial charge in [0.05, 0.1) is 11.6 Å². The van der Waals surface area contributed by atoms with Crippen molar-refractivity contribution >= 4 is 23.2 Å². The van der Waals surface area contributed by atoms with Gasteiger partial charge in [-0.2, -0.15) is 0 Å². The van der Waals surface area contributed by atoms with E-state index >= 15 is 0 Å². The Balaban J connectivity index is 2.17. The van der Waals surface area contributed by atoms with Gasteiger partial charge in [0.25, 0.3) is 0 Å². The molecule has 0 saturated heterocycles. The Bertz CT molecular complexity index is 476. The van der Waals surface area contributed by atoms with Gasteiger partial charge in [-0.1, -0.05) is 24.3 Å². The van der Waals surface area contributed by atoms with Crippen molar-refractivity contribution in [1.82, 2.24) is 0 Å². The minimum Gasteiger partial charge on any atom is -0.453 e. The van der Waals surface area contributed by atoms with E-state index < -0.39 is 0 Å². The third-order valence-corrected chi connectivity index (χ3v) is 3.34. The molecule has 0 N–H and O–H groups in total. The van der Waals surface area contributed by atoms with Crippen molar-refractivity contribution in [1.29, 1.82) is 0 Å². The summed E-state index contributed by atoms with van der Waals surface area (Å²) < 4.78 is 5.03. The van der Waals surface area contributed by atoms with Gasteiger partial charge in [-0.3, -0.25) is 0 Å². The number of aryl methyl sites for hydroxylation is 1. The number of hydrogen-bond donors (Lipinski definition) is 0. The lowest BCUT2D eigenvalue weighted by Crippen LogP contribution is -1.97. The second kappa shape index (κ2) is 4.94. The molecule has 2 aromatic rings. The highest BCUT2D eigenvalue weighted by Gasteiger charge is 2.15. The number of benzene rings is 1. The maximum Gasteiger partial charge on any atom is 0.197 e. The van der Waals surface area contributed by atoms with Crippen LogP contribution >= 0.6 is 23.2 Å². The molecule has 0 saturated carbocycles. The summed E-state index contributed by atoms with van der Waals surface area (Å²) in [6.45, 7) is 2.08. The van der Waals surface area contributed by atoms with E-state index in [1.54, 1.807) is 6.26 Å². The molecule has 0 amide bonds. The average molecular weight is 255 g/mol. The molecule has 0 radical (unpaired) electrons. The Labute approximate surface area is 105 Å². The first-order chi connectivity index (χ1) is 7.68.